The SMILES string of the molecule is COc1cccc(-c2nn(-c3ccccc3)cc2-c2ccnc(NCCCNS(=O)(=O)c3ccc(Cl)cc3)c2)c1. The summed E-state index contributed by atoms with van der Waals surface area (Å²) < 4.78 is 34.9. The van der Waals surface area contributed by atoms with Gasteiger partial charge in [-0.1, -0.05) is 41.9 Å². The van der Waals surface area contributed by atoms with Gasteiger partial charge in [-0.25, -0.2) is 22.8 Å². The third-order valence-electron chi connectivity index (χ3n) is 6.22. The molecule has 0 fully saturated rings. The number of hydrogen-bond acceptors (Lipinski definition) is 6. The number of para-hydroxylation sites is 1. The fourth-order valence-electron chi connectivity index (χ4n) is 4.18. The lowest BCUT2D eigenvalue weighted by Gasteiger charge is -2.09. The van der Waals surface area contributed by atoms with Gasteiger partial charge in [0.2, 0.25) is 10.0 Å². The van der Waals surface area contributed by atoms with E-state index in [1.807, 2.05) is 77.6 Å². The first-order valence-electron chi connectivity index (χ1n) is 12.7. The van der Waals surface area contributed by atoms with E-state index in [2.05, 4.69) is 15.0 Å². The fraction of sp³-hybridized carbons (Fsp3) is 0.133. The Labute approximate surface area is 238 Å². The molecule has 0 aliphatic heterocycles. The van der Waals surface area contributed by atoms with Crippen molar-refractivity contribution < 1.29 is 13.2 Å². The van der Waals surface area contributed by atoms with E-state index in [0.29, 0.717) is 23.8 Å². The molecule has 0 bridgehead atoms. The minimum atomic E-state index is -3.59. The van der Waals surface area contributed by atoms with E-state index >= 15 is 0 Å². The highest BCUT2D eigenvalue weighted by atomic mass is 35.5. The van der Waals surface area contributed by atoms with Crippen molar-refractivity contribution in [3.05, 3.63) is 108 Å². The van der Waals surface area contributed by atoms with E-state index in [4.69, 9.17) is 21.4 Å². The normalized spacial score (nSPS) is 11.3. The first kappa shape index (κ1) is 27.4. The largest absolute Gasteiger partial charge is 0.497 e. The predicted octanol–water partition coefficient (Wildman–Crippen LogP) is 6.04. The zero-order valence-corrected chi connectivity index (χ0v) is 23.4. The molecule has 0 saturated carbocycles. The molecule has 0 radical (unpaired) electrons. The van der Waals surface area contributed by atoms with E-state index in [0.717, 1.165) is 33.8 Å². The Balaban J connectivity index is 1.31. The van der Waals surface area contributed by atoms with E-state index in [-0.39, 0.29) is 11.4 Å². The summed E-state index contributed by atoms with van der Waals surface area (Å²) in [6, 6.07) is 27.8. The predicted molar refractivity (Wildman–Crippen MR) is 159 cm³/mol. The number of halogens is 1. The second-order valence-corrected chi connectivity index (χ2v) is 11.2. The molecule has 2 N–H and O–H groups in total. The van der Waals surface area contributed by atoms with Crippen LogP contribution < -0.4 is 14.8 Å². The molecule has 40 heavy (non-hydrogen) atoms. The number of rotatable bonds is 11. The van der Waals surface area contributed by atoms with Gasteiger partial charge in [0.15, 0.2) is 0 Å². The van der Waals surface area contributed by atoms with Crippen molar-refractivity contribution >= 4 is 27.4 Å². The Hall–Kier alpha value is -4.18. The fourth-order valence-corrected chi connectivity index (χ4v) is 5.39. The maximum Gasteiger partial charge on any atom is 0.240 e. The van der Waals surface area contributed by atoms with Crippen molar-refractivity contribution in [2.45, 2.75) is 11.3 Å². The zero-order chi connectivity index (χ0) is 28.0. The maximum absolute atomic E-state index is 12.5. The molecule has 5 rings (SSSR count). The Morgan fingerprint density at radius 2 is 1.70 bits per heavy atom. The molecule has 0 aliphatic carbocycles. The number of hydrogen-bond donors (Lipinski definition) is 2. The van der Waals surface area contributed by atoms with Gasteiger partial charge in [-0.3, -0.25) is 0 Å². The number of sulfonamides is 1. The van der Waals surface area contributed by atoms with Gasteiger partial charge in [0.25, 0.3) is 0 Å². The van der Waals surface area contributed by atoms with Crippen LogP contribution in [0.15, 0.2) is 108 Å². The number of anilines is 1. The van der Waals surface area contributed by atoms with Crippen LogP contribution in [0.1, 0.15) is 6.42 Å². The molecule has 2 aromatic heterocycles. The zero-order valence-electron chi connectivity index (χ0n) is 21.8. The molecule has 3 aromatic carbocycles. The van der Waals surface area contributed by atoms with Gasteiger partial charge in [-0.2, -0.15) is 5.10 Å². The molecule has 2 heterocycles. The van der Waals surface area contributed by atoms with E-state index in [1.54, 1.807) is 25.4 Å². The van der Waals surface area contributed by atoms with Crippen LogP contribution in [0.4, 0.5) is 5.82 Å². The Bertz CT molecular complexity index is 1690. The van der Waals surface area contributed by atoms with Gasteiger partial charge in [0.05, 0.1) is 17.7 Å². The van der Waals surface area contributed by atoms with Gasteiger partial charge in [0, 0.05) is 41.6 Å². The van der Waals surface area contributed by atoms with Crippen LogP contribution in [-0.4, -0.2) is 43.4 Å². The second-order valence-electron chi connectivity index (χ2n) is 8.97. The van der Waals surface area contributed by atoms with Gasteiger partial charge in [0.1, 0.15) is 17.3 Å². The number of nitrogens with one attached hydrogen (secondary N) is 2. The lowest BCUT2D eigenvalue weighted by atomic mass is 10.0. The molecule has 0 atom stereocenters. The lowest BCUT2D eigenvalue weighted by Crippen LogP contribution is -2.26. The Morgan fingerprint density at radius 3 is 2.48 bits per heavy atom. The standard InChI is InChI=1S/C30H28ClN5O3S/c1-39-26-10-5-7-23(19-26)30-28(21-36(35-30)25-8-3-2-4-9-25)22-15-18-33-29(20-22)32-16-6-17-34-40(37,38)27-13-11-24(31)12-14-27/h2-5,7-15,18-21,34H,6,16-17H2,1H3,(H,32,33). The molecule has 204 valence electrons. The summed E-state index contributed by atoms with van der Waals surface area (Å²) >= 11 is 5.86. The summed E-state index contributed by atoms with van der Waals surface area (Å²) in [5.41, 5.74) is 4.59. The molecule has 0 aliphatic rings. The first-order valence-corrected chi connectivity index (χ1v) is 14.5. The highest BCUT2D eigenvalue weighted by molar-refractivity contribution is 7.89. The molecular formula is C30H28ClN5O3S. The van der Waals surface area contributed by atoms with Crippen LogP contribution >= 0.6 is 11.6 Å². The van der Waals surface area contributed by atoms with Crippen LogP contribution in [0, 0.1) is 0 Å². The van der Waals surface area contributed by atoms with Gasteiger partial charge < -0.3 is 10.1 Å². The summed E-state index contributed by atoms with van der Waals surface area (Å²) in [4.78, 5) is 4.63. The Kier molecular flexibility index (Phi) is 8.45. The summed E-state index contributed by atoms with van der Waals surface area (Å²) in [5, 5.41) is 8.70. The average molecular weight is 574 g/mol. The monoisotopic (exact) mass is 573 g/mol. The third-order valence-corrected chi connectivity index (χ3v) is 7.95. The number of aromatic nitrogens is 3. The van der Waals surface area contributed by atoms with E-state index in [9.17, 15) is 8.42 Å². The average Bonchev–Trinajstić information content (AvgIpc) is 3.44. The summed E-state index contributed by atoms with van der Waals surface area (Å²) in [5.74, 6) is 1.43. The van der Waals surface area contributed by atoms with Crippen LogP contribution in [0.2, 0.25) is 5.02 Å². The van der Waals surface area contributed by atoms with E-state index < -0.39 is 10.0 Å². The smallest absolute Gasteiger partial charge is 0.240 e. The molecule has 0 amide bonds. The van der Waals surface area contributed by atoms with Crippen LogP contribution in [0.25, 0.3) is 28.1 Å². The Morgan fingerprint density at radius 1 is 0.900 bits per heavy atom. The van der Waals surface area contributed by atoms with Gasteiger partial charge in [-0.15, -0.1) is 0 Å². The number of nitrogens with zero attached hydrogens (tertiary/aromatic N) is 3. The minimum absolute atomic E-state index is 0.183. The maximum atomic E-state index is 12.5. The second kappa shape index (κ2) is 12.3. The molecular weight excluding hydrogens is 546 g/mol. The summed E-state index contributed by atoms with van der Waals surface area (Å²) in [6.07, 6.45) is 4.32. The quantitative estimate of drug-likeness (QED) is 0.187. The van der Waals surface area contributed by atoms with Gasteiger partial charge in [-0.05, 0) is 72.6 Å². The molecule has 0 spiro atoms. The minimum Gasteiger partial charge on any atom is -0.497 e. The number of ether oxygens (including phenoxy) is 1. The van der Waals surface area contributed by atoms with Crippen molar-refractivity contribution in [2.75, 3.05) is 25.5 Å². The van der Waals surface area contributed by atoms with Crippen molar-refractivity contribution in [3.63, 3.8) is 0 Å². The highest BCUT2D eigenvalue weighted by Crippen LogP contribution is 2.34. The summed E-state index contributed by atoms with van der Waals surface area (Å²) in [7, 11) is -1.95. The van der Waals surface area contributed by atoms with Crippen molar-refractivity contribution in [2.24, 2.45) is 0 Å². The van der Waals surface area contributed by atoms with Crippen LogP contribution in [-0.2, 0) is 10.0 Å². The molecule has 10 heteroatoms. The van der Waals surface area contributed by atoms with Crippen LogP contribution in [0.5, 0.6) is 5.75 Å². The van der Waals surface area contributed by atoms with Crippen molar-refractivity contribution in [3.8, 4) is 33.8 Å². The van der Waals surface area contributed by atoms with E-state index in [1.165, 1.54) is 12.1 Å². The lowest BCUT2D eigenvalue weighted by molar-refractivity contribution is 0.415. The summed E-state index contributed by atoms with van der Waals surface area (Å²) in [6.45, 7) is 0.813. The number of benzene rings is 3. The number of methoxy groups -OCH3 is 1. The first-order chi connectivity index (χ1) is 19.4. The van der Waals surface area contributed by atoms with Crippen molar-refractivity contribution in [1.82, 2.24) is 19.5 Å². The third kappa shape index (κ3) is 6.51. The topological polar surface area (TPSA) is 98.1 Å². The highest BCUT2D eigenvalue weighted by Gasteiger charge is 2.16. The molecule has 5 aromatic rings. The number of pyridine rings is 1. The van der Waals surface area contributed by atoms with Gasteiger partial charge >= 0.3 is 0 Å². The molecule has 0 saturated heterocycles. The van der Waals surface area contributed by atoms with Crippen LogP contribution in [0.3, 0.4) is 0 Å². The molecule has 8 nitrogen and oxygen atoms in total. The molecule has 0 unspecified atom stereocenters. The van der Waals surface area contributed by atoms with Crippen molar-refractivity contribution in [1.29, 1.82) is 0 Å².